The zero-order valence-electron chi connectivity index (χ0n) is 12.6. The zero-order valence-corrected chi connectivity index (χ0v) is 12.6. The number of nitrogens with zero attached hydrogens (tertiary/aromatic N) is 1. The molecule has 0 radical (unpaired) electrons. The molecule has 1 aliphatic rings. The maximum absolute atomic E-state index is 11.5. The third-order valence-corrected chi connectivity index (χ3v) is 4.68. The van der Waals surface area contributed by atoms with Gasteiger partial charge in [0.25, 0.3) is 0 Å². The van der Waals surface area contributed by atoms with Gasteiger partial charge in [-0.3, -0.25) is 9.69 Å². The van der Waals surface area contributed by atoms with Gasteiger partial charge in [0.1, 0.15) is 0 Å². The summed E-state index contributed by atoms with van der Waals surface area (Å²) in [5.74, 6) is -0.808. The number of carbonyl (C=O) groups is 1. The Kier molecular flexibility index (Phi) is 5.20. The Bertz CT molecular complexity index is 283. The quantitative estimate of drug-likeness (QED) is 0.786. The number of hydrogen-bond acceptors (Lipinski definition) is 2. The highest BCUT2D eigenvalue weighted by Gasteiger charge is 2.36. The van der Waals surface area contributed by atoms with Crippen molar-refractivity contribution in [1.29, 1.82) is 0 Å². The second-order valence-corrected chi connectivity index (χ2v) is 6.86. The fraction of sp³-hybridized carbons (Fsp3) is 0.933. The summed E-state index contributed by atoms with van der Waals surface area (Å²) in [5.41, 5.74) is 0.185. The summed E-state index contributed by atoms with van der Waals surface area (Å²) in [6, 6.07) is 0.585. The number of carboxylic acid groups (broad SMARTS) is 1. The number of rotatable bonds is 3. The van der Waals surface area contributed by atoms with E-state index >= 15 is 0 Å². The molecule has 18 heavy (non-hydrogen) atoms. The Balaban J connectivity index is 2.84. The van der Waals surface area contributed by atoms with Crippen LogP contribution in [0, 0.1) is 11.3 Å². The minimum Gasteiger partial charge on any atom is -0.481 e. The molecule has 0 aromatic heterocycles. The fourth-order valence-corrected chi connectivity index (χ4v) is 2.96. The first kappa shape index (κ1) is 15.5. The van der Waals surface area contributed by atoms with Gasteiger partial charge in [0.05, 0.1) is 5.92 Å². The molecule has 0 aliphatic heterocycles. The molecule has 1 N–H and O–H groups in total. The largest absolute Gasteiger partial charge is 0.481 e. The van der Waals surface area contributed by atoms with E-state index < -0.39 is 5.97 Å². The molecule has 3 nitrogen and oxygen atoms in total. The van der Waals surface area contributed by atoms with E-state index in [1.165, 1.54) is 6.42 Å². The smallest absolute Gasteiger partial charge is 0.308 e. The Morgan fingerprint density at radius 3 is 2.28 bits per heavy atom. The van der Waals surface area contributed by atoms with Gasteiger partial charge in [0, 0.05) is 12.1 Å². The van der Waals surface area contributed by atoms with Crippen LogP contribution in [0.15, 0.2) is 0 Å². The molecule has 0 amide bonds. The van der Waals surface area contributed by atoms with Crippen molar-refractivity contribution in [2.24, 2.45) is 11.3 Å². The highest BCUT2D eigenvalue weighted by molar-refractivity contribution is 5.70. The molecule has 3 heteroatoms. The standard InChI is InChI=1S/C15H29NO2/c1-11(15(2,3)4)16(5)13-10-8-6-7-9-12(13)14(17)18/h11-13H,6-10H2,1-5H3,(H,17,18). The summed E-state index contributed by atoms with van der Waals surface area (Å²) in [5, 5.41) is 9.44. The Morgan fingerprint density at radius 1 is 1.22 bits per heavy atom. The van der Waals surface area contributed by atoms with Crippen molar-refractivity contribution in [1.82, 2.24) is 4.90 Å². The van der Waals surface area contributed by atoms with Crippen LogP contribution in [0.25, 0.3) is 0 Å². The Hall–Kier alpha value is -0.570. The maximum atomic E-state index is 11.5. The van der Waals surface area contributed by atoms with E-state index in [-0.39, 0.29) is 17.4 Å². The molecule has 0 aromatic rings. The average molecular weight is 255 g/mol. The number of aliphatic carboxylic acids is 1. The molecule has 1 fully saturated rings. The minimum absolute atomic E-state index is 0.185. The van der Waals surface area contributed by atoms with Crippen molar-refractivity contribution < 1.29 is 9.90 Å². The first-order valence-electron chi connectivity index (χ1n) is 7.20. The van der Waals surface area contributed by atoms with Gasteiger partial charge in [-0.1, -0.05) is 40.0 Å². The van der Waals surface area contributed by atoms with E-state index in [9.17, 15) is 9.90 Å². The van der Waals surface area contributed by atoms with Crippen molar-refractivity contribution in [3.8, 4) is 0 Å². The summed E-state index contributed by atoms with van der Waals surface area (Å²) in [4.78, 5) is 13.8. The Morgan fingerprint density at radius 2 is 1.78 bits per heavy atom. The second kappa shape index (κ2) is 6.05. The fourth-order valence-electron chi connectivity index (χ4n) is 2.96. The molecule has 3 unspecified atom stereocenters. The predicted octanol–water partition coefficient (Wildman–Crippen LogP) is 3.39. The van der Waals surface area contributed by atoms with E-state index in [2.05, 4.69) is 39.6 Å². The van der Waals surface area contributed by atoms with Crippen LogP contribution in [0.4, 0.5) is 0 Å². The van der Waals surface area contributed by atoms with Gasteiger partial charge < -0.3 is 5.11 Å². The third kappa shape index (κ3) is 3.71. The van der Waals surface area contributed by atoms with Crippen LogP contribution in [0.5, 0.6) is 0 Å². The molecule has 3 atom stereocenters. The van der Waals surface area contributed by atoms with Crippen molar-refractivity contribution in [2.75, 3.05) is 7.05 Å². The Labute approximate surface area is 112 Å². The summed E-state index contributed by atoms with van der Waals surface area (Å²) < 4.78 is 0. The summed E-state index contributed by atoms with van der Waals surface area (Å²) in [6.45, 7) is 8.88. The predicted molar refractivity (Wildman–Crippen MR) is 74.7 cm³/mol. The van der Waals surface area contributed by atoms with Crippen LogP contribution in [0.1, 0.15) is 59.8 Å². The maximum Gasteiger partial charge on any atom is 0.308 e. The van der Waals surface area contributed by atoms with Crippen LogP contribution in [0.2, 0.25) is 0 Å². The van der Waals surface area contributed by atoms with Crippen LogP contribution in [-0.4, -0.2) is 35.1 Å². The lowest BCUT2D eigenvalue weighted by atomic mass is 9.84. The SMILES string of the molecule is CC(N(C)C1CCCCCC1C(=O)O)C(C)(C)C. The summed E-state index contributed by atoms with van der Waals surface area (Å²) in [6.07, 6.45) is 5.26. The molecule has 0 heterocycles. The minimum atomic E-state index is -0.616. The van der Waals surface area contributed by atoms with Crippen molar-refractivity contribution in [3.63, 3.8) is 0 Å². The number of carboxylic acids is 1. The lowest BCUT2D eigenvalue weighted by Crippen LogP contribution is -2.49. The van der Waals surface area contributed by atoms with E-state index in [1.54, 1.807) is 0 Å². The lowest BCUT2D eigenvalue weighted by Gasteiger charge is -2.42. The molecule has 0 aromatic carbocycles. The summed E-state index contributed by atoms with van der Waals surface area (Å²) in [7, 11) is 2.10. The van der Waals surface area contributed by atoms with Crippen LogP contribution in [0.3, 0.4) is 0 Å². The monoisotopic (exact) mass is 255 g/mol. The van der Waals surface area contributed by atoms with E-state index in [0.717, 1.165) is 25.7 Å². The molecule has 0 saturated heterocycles. The molecule has 1 rings (SSSR count). The van der Waals surface area contributed by atoms with E-state index in [4.69, 9.17) is 0 Å². The highest BCUT2D eigenvalue weighted by atomic mass is 16.4. The van der Waals surface area contributed by atoms with Gasteiger partial charge in [-0.05, 0) is 32.2 Å². The van der Waals surface area contributed by atoms with Crippen LogP contribution >= 0.6 is 0 Å². The topological polar surface area (TPSA) is 40.5 Å². The van der Waals surface area contributed by atoms with E-state index in [1.807, 2.05) is 0 Å². The zero-order chi connectivity index (χ0) is 13.9. The van der Waals surface area contributed by atoms with Gasteiger partial charge in [-0.15, -0.1) is 0 Å². The molecule has 1 aliphatic carbocycles. The van der Waals surface area contributed by atoms with Crippen LogP contribution in [-0.2, 0) is 4.79 Å². The average Bonchev–Trinajstić information content (AvgIpc) is 2.50. The van der Waals surface area contributed by atoms with E-state index in [0.29, 0.717) is 6.04 Å². The highest BCUT2D eigenvalue weighted by Crippen LogP contribution is 2.32. The first-order chi connectivity index (χ1) is 8.25. The van der Waals surface area contributed by atoms with Gasteiger partial charge in [-0.2, -0.15) is 0 Å². The molecule has 0 bridgehead atoms. The molecule has 106 valence electrons. The molecular formula is C15H29NO2. The number of hydrogen-bond donors (Lipinski definition) is 1. The lowest BCUT2D eigenvalue weighted by molar-refractivity contribution is -0.145. The molecule has 1 saturated carbocycles. The van der Waals surface area contributed by atoms with Crippen molar-refractivity contribution >= 4 is 5.97 Å². The molecule has 0 spiro atoms. The van der Waals surface area contributed by atoms with Gasteiger partial charge in [0.15, 0.2) is 0 Å². The van der Waals surface area contributed by atoms with Crippen molar-refractivity contribution in [2.45, 2.75) is 71.9 Å². The normalized spacial score (nSPS) is 27.9. The second-order valence-electron chi connectivity index (χ2n) is 6.86. The van der Waals surface area contributed by atoms with Gasteiger partial charge in [-0.25, -0.2) is 0 Å². The van der Waals surface area contributed by atoms with Crippen molar-refractivity contribution in [3.05, 3.63) is 0 Å². The first-order valence-corrected chi connectivity index (χ1v) is 7.20. The van der Waals surface area contributed by atoms with Gasteiger partial charge in [0.2, 0.25) is 0 Å². The third-order valence-electron chi connectivity index (χ3n) is 4.68. The van der Waals surface area contributed by atoms with Crippen LogP contribution < -0.4 is 0 Å². The summed E-state index contributed by atoms with van der Waals surface area (Å²) >= 11 is 0. The van der Waals surface area contributed by atoms with Gasteiger partial charge >= 0.3 is 5.97 Å². The molecular weight excluding hydrogens is 226 g/mol.